The first-order valence-electron chi connectivity index (χ1n) is 8.76. The van der Waals surface area contributed by atoms with Crippen LogP contribution in [0.5, 0.6) is 5.75 Å². The highest BCUT2D eigenvalue weighted by atomic mass is 16.5. The molecule has 0 amide bonds. The van der Waals surface area contributed by atoms with E-state index in [-0.39, 0.29) is 5.56 Å². The van der Waals surface area contributed by atoms with E-state index in [9.17, 15) is 9.59 Å². The molecule has 0 N–H and O–H groups in total. The largest absolute Gasteiger partial charge is 0.492 e. The molecule has 0 fully saturated rings. The molecular weight excluding hydrogens is 346 g/mol. The molecule has 0 unspecified atom stereocenters. The lowest BCUT2D eigenvalue weighted by molar-refractivity contribution is 0.339. The molecule has 0 aliphatic rings. The number of hydrogen-bond acceptors (Lipinski definition) is 4. The van der Waals surface area contributed by atoms with Crippen LogP contribution >= 0.6 is 0 Å². The number of aryl methyl sites for hydroxylation is 2. The summed E-state index contributed by atoms with van der Waals surface area (Å²) in [5.74, 6) is 1.31. The van der Waals surface area contributed by atoms with Crippen molar-refractivity contribution < 1.29 is 4.74 Å². The second-order valence-corrected chi connectivity index (χ2v) is 6.53. The molecule has 0 saturated heterocycles. The molecule has 0 spiro atoms. The van der Waals surface area contributed by atoms with E-state index in [4.69, 9.17) is 4.74 Å². The lowest BCUT2D eigenvalue weighted by Crippen LogP contribution is -2.37. The van der Waals surface area contributed by atoms with E-state index in [1.807, 2.05) is 54.0 Å². The molecule has 8 nitrogen and oxygen atoms in total. The maximum Gasteiger partial charge on any atom is 0.332 e. The maximum absolute atomic E-state index is 12.8. The number of benzene rings is 1. The summed E-state index contributed by atoms with van der Waals surface area (Å²) >= 11 is 0. The van der Waals surface area contributed by atoms with Gasteiger partial charge in [-0.1, -0.05) is 12.1 Å². The van der Waals surface area contributed by atoms with Crippen LogP contribution in [0.15, 0.2) is 33.9 Å². The molecular formula is C19H21N5O3. The van der Waals surface area contributed by atoms with E-state index >= 15 is 0 Å². The summed E-state index contributed by atoms with van der Waals surface area (Å²) < 4.78 is 12.1. The number of ether oxygens (including phenoxy) is 1. The highest BCUT2D eigenvalue weighted by Crippen LogP contribution is 2.29. The Morgan fingerprint density at radius 1 is 1.04 bits per heavy atom. The average molecular weight is 367 g/mol. The minimum absolute atomic E-state index is 0.362. The maximum atomic E-state index is 12.8. The quantitative estimate of drug-likeness (QED) is 0.552. The van der Waals surface area contributed by atoms with Gasteiger partial charge in [0.15, 0.2) is 11.2 Å². The van der Waals surface area contributed by atoms with Gasteiger partial charge >= 0.3 is 5.69 Å². The molecule has 0 radical (unpaired) electrons. The van der Waals surface area contributed by atoms with Gasteiger partial charge in [-0.2, -0.15) is 4.98 Å². The first-order valence-corrected chi connectivity index (χ1v) is 8.76. The van der Waals surface area contributed by atoms with Gasteiger partial charge in [0.1, 0.15) is 5.75 Å². The van der Waals surface area contributed by atoms with Gasteiger partial charge in [-0.3, -0.25) is 22.9 Å². The lowest BCUT2D eigenvalue weighted by Gasteiger charge is -2.12. The van der Waals surface area contributed by atoms with Crippen molar-refractivity contribution in [2.45, 2.75) is 20.8 Å². The van der Waals surface area contributed by atoms with E-state index in [0.29, 0.717) is 23.5 Å². The van der Waals surface area contributed by atoms with Gasteiger partial charge in [0.2, 0.25) is 5.78 Å². The number of aromatic nitrogens is 5. The van der Waals surface area contributed by atoms with Gasteiger partial charge in [0, 0.05) is 25.5 Å². The number of rotatable bonds is 3. The zero-order valence-electron chi connectivity index (χ0n) is 16.0. The molecule has 0 aliphatic carbocycles. The van der Waals surface area contributed by atoms with Crippen molar-refractivity contribution in [1.82, 2.24) is 23.1 Å². The summed E-state index contributed by atoms with van der Waals surface area (Å²) in [5.41, 5.74) is 2.67. The fourth-order valence-corrected chi connectivity index (χ4v) is 3.53. The van der Waals surface area contributed by atoms with Crippen LogP contribution in [0.2, 0.25) is 0 Å². The van der Waals surface area contributed by atoms with Gasteiger partial charge < -0.3 is 4.74 Å². The van der Waals surface area contributed by atoms with Crippen LogP contribution in [0.4, 0.5) is 0 Å². The van der Waals surface area contributed by atoms with Crippen LogP contribution in [0.25, 0.3) is 22.6 Å². The average Bonchev–Trinajstić information content (AvgIpc) is 3.15. The van der Waals surface area contributed by atoms with Crippen molar-refractivity contribution in [1.29, 1.82) is 0 Å². The Labute approximate surface area is 154 Å². The number of imidazole rings is 2. The Balaban J connectivity index is 2.21. The summed E-state index contributed by atoms with van der Waals surface area (Å²) in [6, 6.07) is 7.70. The Bertz CT molecular complexity index is 1320. The van der Waals surface area contributed by atoms with Crippen molar-refractivity contribution in [3.8, 4) is 11.4 Å². The number of nitrogens with zero attached hydrogens (tertiary/aromatic N) is 5. The van der Waals surface area contributed by atoms with Gasteiger partial charge in [0.25, 0.3) is 5.56 Å². The Kier molecular flexibility index (Phi) is 3.73. The first kappa shape index (κ1) is 17.1. The third kappa shape index (κ3) is 2.19. The first-order chi connectivity index (χ1) is 12.9. The van der Waals surface area contributed by atoms with Crippen LogP contribution in [-0.2, 0) is 14.1 Å². The second kappa shape index (κ2) is 5.87. The molecule has 0 atom stereocenters. The highest BCUT2D eigenvalue weighted by Gasteiger charge is 2.23. The van der Waals surface area contributed by atoms with Gasteiger partial charge in [-0.25, -0.2) is 4.79 Å². The minimum atomic E-state index is -0.399. The van der Waals surface area contributed by atoms with Crippen LogP contribution in [-0.4, -0.2) is 29.7 Å². The molecule has 0 aliphatic heterocycles. The van der Waals surface area contributed by atoms with Gasteiger partial charge in [-0.15, -0.1) is 0 Å². The summed E-state index contributed by atoms with van der Waals surface area (Å²) in [6.45, 7) is 6.39. The topological polar surface area (TPSA) is 75.5 Å². The summed E-state index contributed by atoms with van der Waals surface area (Å²) in [6.07, 6.45) is 0. The van der Waals surface area contributed by atoms with Crippen LogP contribution < -0.4 is 16.0 Å². The molecule has 27 heavy (non-hydrogen) atoms. The standard InChI is InChI=1S/C19H21N5O3/c1-6-27-14-10-8-7-9-13(14)23-11(2)12(3)24-15-16(20-18(23)24)21(4)19(26)22(5)17(15)25/h7-10H,6H2,1-5H3. The zero-order valence-corrected chi connectivity index (χ0v) is 16.0. The molecule has 140 valence electrons. The van der Waals surface area contributed by atoms with E-state index in [0.717, 1.165) is 27.4 Å². The number of para-hydroxylation sites is 2. The summed E-state index contributed by atoms with van der Waals surface area (Å²) in [7, 11) is 3.10. The molecule has 8 heteroatoms. The monoisotopic (exact) mass is 367 g/mol. The summed E-state index contributed by atoms with van der Waals surface area (Å²) in [4.78, 5) is 29.8. The molecule has 3 aromatic heterocycles. The third-order valence-electron chi connectivity index (χ3n) is 5.04. The van der Waals surface area contributed by atoms with Gasteiger partial charge in [0.05, 0.1) is 12.3 Å². The predicted octanol–water partition coefficient (Wildman–Crippen LogP) is 1.69. The van der Waals surface area contributed by atoms with E-state index in [1.165, 1.54) is 11.6 Å². The molecule has 4 aromatic rings. The molecule has 0 saturated carbocycles. The Morgan fingerprint density at radius 3 is 2.44 bits per heavy atom. The number of hydrogen-bond donors (Lipinski definition) is 0. The van der Waals surface area contributed by atoms with Crippen LogP contribution in [0.3, 0.4) is 0 Å². The van der Waals surface area contributed by atoms with Gasteiger partial charge in [-0.05, 0) is 32.9 Å². The normalized spacial score (nSPS) is 11.6. The molecule has 0 bridgehead atoms. The van der Waals surface area contributed by atoms with Crippen LogP contribution in [0.1, 0.15) is 18.3 Å². The lowest BCUT2D eigenvalue weighted by atomic mass is 10.2. The fraction of sp³-hybridized carbons (Fsp3) is 0.316. The van der Waals surface area contributed by atoms with Crippen molar-refractivity contribution in [2.75, 3.05) is 6.61 Å². The second-order valence-electron chi connectivity index (χ2n) is 6.53. The zero-order chi connectivity index (χ0) is 19.5. The smallest absolute Gasteiger partial charge is 0.332 e. The van der Waals surface area contributed by atoms with Crippen molar-refractivity contribution in [2.24, 2.45) is 14.1 Å². The third-order valence-corrected chi connectivity index (χ3v) is 5.04. The van der Waals surface area contributed by atoms with E-state index < -0.39 is 5.69 Å². The molecule has 3 heterocycles. The van der Waals surface area contributed by atoms with E-state index in [2.05, 4.69) is 4.98 Å². The number of fused-ring (bicyclic) bond motifs is 3. The van der Waals surface area contributed by atoms with E-state index in [1.54, 1.807) is 7.05 Å². The predicted molar refractivity (Wildman–Crippen MR) is 103 cm³/mol. The van der Waals surface area contributed by atoms with Crippen LogP contribution in [0, 0.1) is 13.8 Å². The summed E-state index contributed by atoms with van der Waals surface area (Å²) in [5, 5.41) is 0. The Morgan fingerprint density at radius 2 is 1.74 bits per heavy atom. The van der Waals surface area contributed by atoms with Crippen molar-refractivity contribution >= 4 is 16.9 Å². The van der Waals surface area contributed by atoms with Crippen molar-refractivity contribution in [3.05, 3.63) is 56.5 Å². The minimum Gasteiger partial charge on any atom is -0.492 e. The Hall–Kier alpha value is -3.29. The fourth-order valence-electron chi connectivity index (χ4n) is 3.53. The van der Waals surface area contributed by atoms with Crippen molar-refractivity contribution in [3.63, 3.8) is 0 Å². The molecule has 1 aromatic carbocycles. The highest BCUT2D eigenvalue weighted by molar-refractivity contribution is 5.77. The molecule has 4 rings (SSSR count). The SMILES string of the molecule is CCOc1ccccc1-n1c(C)c(C)n2c3c(=O)n(C)c(=O)n(C)c3nc12.